The molecule has 0 unspecified atom stereocenters. The van der Waals surface area contributed by atoms with Crippen LogP contribution in [-0.4, -0.2) is 41.9 Å². The van der Waals surface area contributed by atoms with E-state index in [-0.39, 0.29) is 25.0 Å². The van der Waals surface area contributed by atoms with E-state index in [0.29, 0.717) is 18.0 Å². The summed E-state index contributed by atoms with van der Waals surface area (Å²) in [5, 5.41) is 2.69. The minimum Gasteiger partial charge on any atom is -0.457 e. The van der Waals surface area contributed by atoms with Gasteiger partial charge in [0.15, 0.2) is 6.61 Å². The second-order valence-electron chi connectivity index (χ2n) is 7.98. The maximum atomic E-state index is 12.3. The van der Waals surface area contributed by atoms with Crippen LogP contribution in [0.25, 0.3) is 0 Å². The smallest absolute Gasteiger partial charge is 0.311 e. The first-order valence-electron chi connectivity index (χ1n) is 10.7. The Morgan fingerprint density at radius 2 is 1.65 bits per heavy atom. The quantitative estimate of drug-likeness (QED) is 0.687. The molecule has 0 radical (unpaired) electrons. The lowest BCUT2D eigenvalue weighted by molar-refractivity contribution is -0.151. The number of benzene rings is 2. The van der Waals surface area contributed by atoms with Crippen LogP contribution in [0.1, 0.15) is 32.1 Å². The molecular weight excluding hydrogens is 396 g/mol. The standard InChI is InChI=1S/C24H26N2O5/c27-22(25-18-10-12-21(13-11-18)31-20-8-2-1-3-9-20)16-30-24(29)17-14-23(28)26(15-17)19-6-4-5-7-19/h1-3,8-13,17,19H,4-7,14-16H2,(H,25,27)/t17-/m0/s1. The molecule has 162 valence electrons. The van der Waals surface area contributed by atoms with Crippen molar-refractivity contribution in [1.82, 2.24) is 4.90 Å². The Hall–Kier alpha value is -3.35. The van der Waals surface area contributed by atoms with Crippen molar-refractivity contribution in [3.63, 3.8) is 0 Å². The fourth-order valence-electron chi connectivity index (χ4n) is 4.14. The Morgan fingerprint density at radius 1 is 0.968 bits per heavy atom. The number of anilines is 1. The molecule has 1 saturated heterocycles. The van der Waals surface area contributed by atoms with Gasteiger partial charge in [-0.1, -0.05) is 31.0 Å². The number of nitrogens with zero attached hydrogens (tertiary/aromatic N) is 1. The molecule has 4 rings (SSSR count). The van der Waals surface area contributed by atoms with Gasteiger partial charge >= 0.3 is 5.97 Å². The third-order valence-corrected chi connectivity index (χ3v) is 5.72. The maximum Gasteiger partial charge on any atom is 0.311 e. The van der Waals surface area contributed by atoms with Crippen molar-refractivity contribution in [2.24, 2.45) is 5.92 Å². The van der Waals surface area contributed by atoms with Crippen molar-refractivity contribution in [2.45, 2.75) is 38.1 Å². The molecule has 2 amide bonds. The van der Waals surface area contributed by atoms with E-state index in [2.05, 4.69) is 5.32 Å². The van der Waals surface area contributed by atoms with E-state index in [0.717, 1.165) is 31.4 Å². The Bertz CT molecular complexity index is 923. The Morgan fingerprint density at radius 3 is 2.35 bits per heavy atom. The van der Waals surface area contributed by atoms with Gasteiger partial charge in [-0.15, -0.1) is 0 Å². The highest BCUT2D eigenvalue weighted by Crippen LogP contribution is 2.30. The van der Waals surface area contributed by atoms with Gasteiger partial charge in [-0.25, -0.2) is 0 Å². The van der Waals surface area contributed by atoms with E-state index >= 15 is 0 Å². The van der Waals surface area contributed by atoms with Gasteiger partial charge in [-0.05, 0) is 49.2 Å². The molecule has 0 bridgehead atoms. The zero-order valence-electron chi connectivity index (χ0n) is 17.3. The summed E-state index contributed by atoms with van der Waals surface area (Å²) in [6.45, 7) is 0.0159. The van der Waals surface area contributed by atoms with Crippen LogP contribution in [0.4, 0.5) is 5.69 Å². The molecule has 2 aromatic carbocycles. The molecule has 1 aliphatic heterocycles. The highest BCUT2D eigenvalue weighted by atomic mass is 16.5. The van der Waals surface area contributed by atoms with Crippen LogP contribution in [0.15, 0.2) is 54.6 Å². The van der Waals surface area contributed by atoms with Crippen LogP contribution in [-0.2, 0) is 19.1 Å². The number of nitrogens with one attached hydrogen (secondary N) is 1. The Balaban J connectivity index is 1.22. The largest absolute Gasteiger partial charge is 0.457 e. The van der Waals surface area contributed by atoms with Crippen LogP contribution in [0.5, 0.6) is 11.5 Å². The first kappa shape index (κ1) is 20.9. The predicted octanol–water partition coefficient (Wildman–Crippen LogP) is 3.75. The maximum absolute atomic E-state index is 12.3. The second kappa shape index (κ2) is 9.64. The van der Waals surface area contributed by atoms with E-state index in [9.17, 15) is 14.4 Å². The van der Waals surface area contributed by atoms with Crippen LogP contribution in [0, 0.1) is 5.92 Å². The number of likely N-dealkylation sites (tertiary alicyclic amines) is 1. The first-order chi connectivity index (χ1) is 15.1. The fraction of sp³-hybridized carbons (Fsp3) is 0.375. The van der Waals surface area contributed by atoms with Gasteiger partial charge in [-0.3, -0.25) is 14.4 Å². The number of hydrogen-bond donors (Lipinski definition) is 1. The molecule has 0 aromatic heterocycles. The third kappa shape index (κ3) is 5.42. The van der Waals surface area contributed by atoms with Gasteiger partial charge in [0.25, 0.3) is 5.91 Å². The summed E-state index contributed by atoms with van der Waals surface area (Å²) in [7, 11) is 0. The fourth-order valence-corrected chi connectivity index (χ4v) is 4.14. The highest BCUT2D eigenvalue weighted by molar-refractivity contribution is 5.93. The molecule has 1 aliphatic carbocycles. The molecule has 1 N–H and O–H groups in total. The number of hydrogen-bond acceptors (Lipinski definition) is 5. The number of para-hydroxylation sites is 1. The molecule has 7 heteroatoms. The van der Waals surface area contributed by atoms with E-state index in [1.807, 2.05) is 35.2 Å². The lowest BCUT2D eigenvalue weighted by Crippen LogP contribution is -2.35. The van der Waals surface area contributed by atoms with Crippen LogP contribution in [0.3, 0.4) is 0 Å². The predicted molar refractivity (Wildman–Crippen MR) is 115 cm³/mol. The normalized spacial score (nSPS) is 18.8. The molecule has 1 atom stereocenters. The summed E-state index contributed by atoms with van der Waals surface area (Å²) in [4.78, 5) is 38.5. The molecule has 2 fully saturated rings. The van der Waals surface area contributed by atoms with Gasteiger partial charge in [-0.2, -0.15) is 0 Å². The minimum absolute atomic E-state index is 0.0103. The number of amides is 2. The second-order valence-corrected chi connectivity index (χ2v) is 7.98. The summed E-state index contributed by atoms with van der Waals surface area (Å²) >= 11 is 0. The topological polar surface area (TPSA) is 84.9 Å². The third-order valence-electron chi connectivity index (χ3n) is 5.72. The Labute approximate surface area is 181 Å². The van der Waals surface area contributed by atoms with Gasteiger partial charge < -0.3 is 19.7 Å². The number of carbonyl (C=O) groups excluding carboxylic acids is 3. The van der Waals surface area contributed by atoms with Gasteiger partial charge in [0, 0.05) is 24.7 Å². The molecule has 2 aliphatic rings. The van der Waals surface area contributed by atoms with Gasteiger partial charge in [0.2, 0.25) is 5.91 Å². The molecule has 31 heavy (non-hydrogen) atoms. The van der Waals surface area contributed by atoms with Crippen molar-refractivity contribution in [1.29, 1.82) is 0 Å². The van der Waals surface area contributed by atoms with Crippen molar-refractivity contribution >= 4 is 23.5 Å². The molecule has 2 aromatic rings. The van der Waals surface area contributed by atoms with E-state index in [1.54, 1.807) is 24.3 Å². The van der Waals surface area contributed by atoms with E-state index in [4.69, 9.17) is 9.47 Å². The Kier molecular flexibility index (Phi) is 6.50. The summed E-state index contributed by atoms with van der Waals surface area (Å²) in [6, 6.07) is 16.6. The molecule has 0 spiro atoms. The molecule has 1 heterocycles. The zero-order chi connectivity index (χ0) is 21.6. The van der Waals surface area contributed by atoms with Crippen LogP contribution < -0.4 is 10.1 Å². The number of carbonyl (C=O) groups is 3. The zero-order valence-corrected chi connectivity index (χ0v) is 17.3. The van der Waals surface area contributed by atoms with E-state index in [1.165, 1.54) is 0 Å². The molecule has 1 saturated carbocycles. The summed E-state index contributed by atoms with van der Waals surface area (Å²) in [5.41, 5.74) is 0.574. The minimum atomic E-state index is -0.490. The van der Waals surface area contributed by atoms with Gasteiger partial charge in [0.05, 0.1) is 5.92 Å². The summed E-state index contributed by atoms with van der Waals surface area (Å²) in [5.74, 6) is -0.0273. The highest BCUT2D eigenvalue weighted by Gasteiger charge is 2.39. The van der Waals surface area contributed by atoms with Crippen molar-refractivity contribution in [3.8, 4) is 11.5 Å². The van der Waals surface area contributed by atoms with Crippen molar-refractivity contribution < 1.29 is 23.9 Å². The first-order valence-corrected chi connectivity index (χ1v) is 10.7. The SMILES string of the molecule is O=C(COC(=O)[C@H]1CC(=O)N(C2CCCC2)C1)Nc1ccc(Oc2ccccc2)cc1. The molecule has 7 nitrogen and oxygen atoms in total. The van der Waals surface area contributed by atoms with Crippen LogP contribution >= 0.6 is 0 Å². The van der Waals surface area contributed by atoms with Crippen LogP contribution in [0.2, 0.25) is 0 Å². The van der Waals surface area contributed by atoms with Crippen molar-refractivity contribution in [3.05, 3.63) is 54.6 Å². The van der Waals surface area contributed by atoms with E-state index < -0.39 is 17.8 Å². The van der Waals surface area contributed by atoms with Gasteiger partial charge in [0.1, 0.15) is 11.5 Å². The number of rotatable bonds is 7. The number of ether oxygens (including phenoxy) is 2. The number of esters is 1. The lowest BCUT2D eigenvalue weighted by Gasteiger charge is -2.23. The van der Waals surface area contributed by atoms with Crippen molar-refractivity contribution in [2.75, 3.05) is 18.5 Å². The average Bonchev–Trinajstić information content (AvgIpc) is 3.44. The average molecular weight is 422 g/mol. The summed E-state index contributed by atoms with van der Waals surface area (Å²) < 4.78 is 10.9. The molecular formula is C24H26N2O5. The monoisotopic (exact) mass is 422 g/mol. The summed E-state index contributed by atoms with van der Waals surface area (Å²) in [6.07, 6.45) is 4.43. The lowest BCUT2D eigenvalue weighted by atomic mass is 10.1.